The van der Waals surface area contributed by atoms with Crippen LogP contribution in [0, 0.1) is 0 Å². The Morgan fingerprint density at radius 2 is 2.10 bits per heavy atom. The van der Waals surface area contributed by atoms with E-state index in [0.717, 1.165) is 6.54 Å². The van der Waals surface area contributed by atoms with Crippen molar-refractivity contribution in [1.82, 2.24) is 10.2 Å². The molecule has 0 saturated heterocycles. The Labute approximate surface area is 122 Å². The summed E-state index contributed by atoms with van der Waals surface area (Å²) in [6, 6.07) is 6.23. The Kier molecular flexibility index (Phi) is 4.59. The number of fused-ring (bicyclic) bond motifs is 1. The van der Waals surface area contributed by atoms with E-state index in [9.17, 15) is 9.59 Å². The predicted octanol–water partition coefficient (Wildman–Crippen LogP) is 1.09. The summed E-state index contributed by atoms with van der Waals surface area (Å²) in [6.07, 6.45) is 0. The zero-order valence-corrected chi connectivity index (χ0v) is 12.3. The minimum Gasteiger partial charge on any atom is -0.497 e. The van der Waals surface area contributed by atoms with Crippen molar-refractivity contribution in [1.29, 1.82) is 0 Å². The van der Waals surface area contributed by atoms with Gasteiger partial charge in [0.25, 0.3) is 5.91 Å². The monoisotopic (exact) mass is 290 g/mol. The second kappa shape index (κ2) is 6.41. The van der Waals surface area contributed by atoms with Gasteiger partial charge in [-0.3, -0.25) is 4.79 Å². The lowest BCUT2D eigenvalue weighted by Crippen LogP contribution is -2.31. The molecule has 21 heavy (non-hydrogen) atoms. The van der Waals surface area contributed by atoms with Crippen LogP contribution in [0.15, 0.2) is 33.5 Å². The Morgan fingerprint density at radius 1 is 1.33 bits per heavy atom. The molecule has 2 rings (SSSR count). The minimum absolute atomic E-state index is 0.292. The van der Waals surface area contributed by atoms with Crippen LogP contribution in [0.5, 0.6) is 5.75 Å². The van der Waals surface area contributed by atoms with Gasteiger partial charge in [-0.1, -0.05) is 0 Å². The van der Waals surface area contributed by atoms with Crippen molar-refractivity contribution < 1.29 is 13.9 Å². The van der Waals surface area contributed by atoms with Crippen LogP contribution < -0.4 is 15.7 Å². The van der Waals surface area contributed by atoms with Crippen molar-refractivity contribution in [3.63, 3.8) is 0 Å². The number of amides is 1. The van der Waals surface area contributed by atoms with Gasteiger partial charge in [0.2, 0.25) is 0 Å². The SMILES string of the molecule is COc1ccc2c(C(=O)NCCN(C)C)cc(=O)oc2c1. The van der Waals surface area contributed by atoms with E-state index >= 15 is 0 Å². The van der Waals surface area contributed by atoms with Crippen LogP contribution in [0.2, 0.25) is 0 Å². The lowest BCUT2D eigenvalue weighted by Gasteiger charge is -2.11. The smallest absolute Gasteiger partial charge is 0.337 e. The van der Waals surface area contributed by atoms with E-state index in [0.29, 0.717) is 28.8 Å². The maximum Gasteiger partial charge on any atom is 0.337 e. The highest BCUT2D eigenvalue weighted by Crippen LogP contribution is 2.22. The fourth-order valence-electron chi connectivity index (χ4n) is 1.95. The number of methoxy groups -OCH3 is 1. The lowest BCUT2D eigenvalue weighted by molar-refractivity contribution is 0.0952. The van der Waals surface area contributed by atoms with Crippen molar-refractivity contribution in [2.75, 3.05) is 34.3 Å². The summed E-state index contributed by atoms with van der Waals surface area (Å²) < 4.78 is 10.2. The summed E-state index contributed by atoms with van der Waals surface area (Å²) >= 11 is 0. The summed E-state index contributed by atoms with van der Waals surface area (Å²) in [5.41, 5.74) is 0.0794. The third-order valence-corrected chi connectivity index (χ3v) is 3.04. The van der Waals surface area contributed by atoms with Gasteiger partial charge < -0.3 is 19.4 Å². The molecule has 1 aromatic heterocycles. The molecule has 2 aromatic rings. The van der Waals surface area contributed by atoms with Crippen LogP contribution in [0.4, 0.5) is 0 Å². The molecule has 1 N–H and O–H groups in total. The molecule has 0 atom stereocenters. The van der Waals surface area contributed by atoms with Gasteiger partial charge in [-0.25, -0.2) is 4.79 Å². The standard InChI is InChI=1S/C15H18N2O4/c1-17(2)7-6-16-15(19)12-9-14(18)21-13-8-10(20-3)4-5-11(12)13/h4-5,8-9H,6-7H2,1-3H3,(H,16,19). The fraction of sp³-hybridized carbons (Fsp3) is 0.333. The molecular formula is C15H18N2O4. The van der Waals surface area contributed by atoms with Gasteiger partial charge in [0.15, 0.2) is 0 Å². The number of likely N-dealkylation sites (N-methyl/N-ethyl adjacent to an activating group) is 1. The lowest BCUT2D eigenvalue weighted by atomic mass is 10.1. The highest BCUT2D eigenvalue weighted by Gasteiger charge is 2.13. The van der Waals surface area contributed by atoms with E-state index < -0.39 is 5.63 Å². The van der Waals surface area contributed by atoms with Gasteiger partial charge in [-0.05, 0) is 26.2 Å². The van der Waals surface area contributed by atoms with E-state index in [4.69, 9.17) is 9.15 Å². The van der Waals surface area contributed by atoms with E-state index in [2.05, 4.69) is 5.32 Å². The number of nitrogens with one attached hydrogen (secondary N) is 1. The van der Waals surface area contributed by atoms with Crippen LogP contribution in [-0.4, -0.2) is 45.1 Å². The molecule has 1 amide bonds. The number of hydrogen-bond donors (Lipinski definition) is 1. The summed E-state index contributed by atoms with van der Waals surface area (Å²) in [5, 5.41) is 3.37. The van der Waals surface area contributed by atoms with Gasteiger partial charge in [0.1, 0.15) is 11.3 Å². The van der Waals surface area contributed by atoms with Crippen molar-refractivity contribution in [3.05, 3.63) is 40.2 Å². The molecule has 0 radical (unpaired) electrons. The van der Waals surface area contributed by atoms with Gasteiger partial charge in [0.05, 0.1) is 12.7 Å². The molecule has 0 fully saturated rings. The molecule has 0 aliphatic carbocycles. The van der Waals surface area contributed by atoms with Crippen LogP contribution in [0.25, 0.3) is 11.0 Å². The molecule has 1 aromatic carbocycles. The topological polar surface area (TPSA) is 71.8 Å². The predicted molar refractivity (Wildman–Crippen MR) is 79.9 cm³/mol. The number of nitrogens with zero attached hydrogens (tertiary/aromatic N) is 1. The average molecular weight is 290 g/mol. The molecule has 6 nitrogen and oxygen atoms in total. The molecule has 0 aliphatic rings. The van der Waals surface area contributed by atoms with E-state index in [1.165, 1.54) is 13.2 Å². The van der Waals surface area contributed by atoms with Crippen molar-refractivity contribution in [2.45, 2.75) is 0 Å². The largest absolute Gasteiger partial charge is 0.497 e. The summed E-state index contributed by atoms with van der Waals surface area (Å²) in [7, 11) is 5.37. The minimum atomic E-state index is -0.562. The number of rotatable bonds is 5. The summed E-state index contributed by atoms with van der Waals surface area (Å²) in [4.78, 5) is 25.8. The molecule has 0 aliphatic heterocycles. The van der Waals surface area contributed by atoms with E-state index in [1.54, 1.807) is 18.2 Å². The molecule has 0 spiro atoms. The zero-order chi connectivity index (χ0) is 15.4. The quantitative estimate of drug-likeness (QED) is 0.835. The van der Waals surface area contributed by atoms with Crippen LogP contribution in [0.1, 0.15) is 10.4 Å². The number of benzene rings is 1. The average Bonchev–Trinajstić information content (AvgIpc) is 2.45. The first-order valence-electron chi connectivity index (χ1n) is 6.56. The van der Waals surface area contributed by atoms with Crippen LogP contribution in [-0.2, 0) is 0 Å². The van der Waals surface area contributed by atoms with Crippen LogP contribution >= 0.6 is 0 Å². The highest BCUT2D eigenvalue weighted by atomic mass is 16.5. The Morgan fingerprint density at radius 3 is 2.76 bits per heavy atom. The molecular weight excluding hydrogens is 272 g/mol. The first kappa shape index (κ1) is 15.1. The second-order valence-electron chi connectivity index (χ2n) is 4.90. The maximum atomic E-state index is 12.2. The van der Waals surface area contributed by atoms with Gasteiger partial charge >= 0.3 is 5.63 Å². The fourth-order valence-corrected chi connectivity index (χ4v) is 1.95. The molecule has 1 heterocycles. The Hall–Kier alpha value is -2.34. The second-order valence-corrected chi connectivity index (χ2v) is 4.90. The van der Waals surface area contributed by atoms with Gasteiger partial charge in [0, 0.05) is 30.6 Å². The van der Waals surface area contributed by atoms with E-state index in [-0.39, 0.29) is 5.91 Å². The highest BCUT2D eigenvalue weighted by molar-refractivity contribution is 6.05. The molecule has 112 valence electrons. The third kappa shape index (κ3) is 3.61. The van der Waals surface area contributed by atoms with Gasteiger partial charge in [-0.2, -0.15) is 0 Å². The summed E-state index contributed by atoms with van der Waals surface area (Å²) in [6.45, 7) is 1.22. The third-order valence-electron chi connectivity index (χ3n) is 3.04. The Bertz CT molecular complexity index is 706. The molecule has 0 saturated carbocycles. The van der Waals surface area contributed by atoms with E-state index in [1.807, 2.05) is 19.0 Å². The number of hydrogen-bond acceptors (Lipinski definition) is 5. The van der Waals surface area contributed by atoms with Crippen molar-refractivity contribution >= 4 is 16.9 Å². The number of carbonyl (C=O) groups is 1. The first-order chi connectivity index (χ1) is 10.0. The number of carbonyl (C=O) groups excluding carboxylic acids is 1. The van der Waals surface area contributed by atoms with Crippen LogP contribution in [0.3, 0.4) is 0 Å². The number of ether oxygens (including phenoxy) is 1. The zero-order valence-electron chi connectivity index (χ0n) is 12.3. The molecule has 0 bridgehead atoms. The summed E-state index contributed by atoms with van der Waals surface area (Å²) in [5.74, 6) is 0.274. The van der Waals surface area contributed by atoms with Crippen molar-refractivity contribution in [3.8, 4) is 5.75 Å². The maximum absolute atomic E-state index is 12.2. The normalized spacial score (nSPS) is 10.9. The first-order valence-corrected chi connectivity index (χ1v) is 6.56. The van der Waals surface area contributed by atoms with Crippen molar-refractivity contribution in [2.24, 2.45) is 0 Å². The van der Waals surface area contributed by atoms with Gasteiger partial charge in [-0.15, -0.1) is 0 Å². The molecule has 6 heteroatoms. The molecule has 0 unspecified atom stereocenters. The Balaban J connectivity index is 2.34.